The zero-order chi connectivity index (χ0) is 31.2. The third kappa shape index (κ3) is 7.81. The Balaban J connectivity index is 1.83. The molecule has 1 amide bonds. The number of nitrogens with one attached hydrogen (secondary N) is 2. The average Bonchev–Trinajstić information content (AvgIpc) is 3.17. The fourth-order valence-corrected chi connectivity index (χ4v) is 5.46. The van der Waals surface area contributed by atoms with Crippen molar-refractivity contribution in [3.63, 3.8) is 0 Å². The van der Waals surface area contributed by atoms with Gasteiger partial charge in [-0.05, 0) is 45.9 Å². The minimum Gasteiger partial charge on any atom is -0.462 e. The van der Waals surface area contributed by atoms with Crippen molar-refractivity contribution >= 4 is 25.4 Å². The van der Waals surface area contributed by atoms with E-state index in [1.54, 1.807) is 45.9 Å². The van der Waals surface area contributed by atoms with Gasteiger partial charge in [-0.25, -0.2) is 9.36 Å². The van der Waals surface area contributed by atoms with E-state index in [-0.39, 0.29) is 23.4 Å². The molecule has 0 bridgehead atoms. The summed E-state index contributed by atoms with van der Waals surface area (Å²) < 4.78 is 37.1. The van der Waals surface area contributed by atoms with E-state index >= 15 is 0 Å². The molecular formula is C27H36N5O9P. The van der Waals surface area contributed by atoms with Crippen LogP contribution in [-0.4, -0.2) is 57.5 Å². The number of carbonyl (C=O) groups is 2. The van der Waals surface area contributed by atoms with Crippen LogP contribution >= 0.6 is 7.75 Å². The molecule has 2 heterocycles. The van der Waals surface area contributed by atoms with Crippen molar-refractivity contribution in [1.29, 1.82) is 5.26 Å². The molecule has 1 saturated heterocycles. The summed E-state index contributed by atoms with van der Waals surface area (Å²) in [6.07, 6.45) is -3.21. The summed E-state index contributed by atoms with van der Waals surface area (Å²) in [4.78, 5) is 41.1. The largest absolute Gasteiger partial charge is 0.462 e. The van der Waals surface area contributed by atoms with Crippen LogP contribution in [-0.2, 0) is 28.2 Å². The number of benzene rings is 1. The lowest BCUT2D eigenvalue weighted by molar-refractivity contribution is -0.149. The van der Waals surface area contributed by atoms with Gasteiger partial charge in [0.05, 0.1) is 18.8 Å². The number of esters is 1. The Labute approximate surface area is 243 Å². The van der Waals surface area contributed by atoms with Crippen molar-refractivity contribution < 1.29 is 37.8 Å². The van der Waals surface area contributed by atoms with Gasteiger partial charge in [-0.15, -0.1) is 0 Å². The molecule has 14 nitrogen and oxygen atoms in total. The number of hydrogen-bond acceptors (Lipinski definition) is 11. The molecule has 3 N–H and O–H groups in total. The number of aliphatic hydroxyl groups excluding tert-OH is 1. The number of hydrogen-bond donors (Lipinski definition) is 3. The topological polar surface area (TPSA) is 191 Å². The predicted octanol–water partition coefficient (Wildman–Crippen LogP) is 2.76. The number of anilines is 1. The van der Waals surface area contributed by atoms with E-state index in [2.05, 4.69) is 15.4 Å². The van der Waals surface area contributed by atoms with Crippen LogP contribution in [0.2, 0.25) is 0 Å². The van der Waals surface area contributed by atoms with Crippen molar-refractivity contribution in [2.45, 2.75) is 72.1 Å². The van der Waals surface area contributed by atoms with Gasteiger partial charge in [0.1, 0.15) is 35.2 Å². The number of ether oxygens (including phenoxy) is 2. The van der Waals surface area contributed by atoms with Crippen LogP contribution in [0.15, 0.2) is 47.4 Å². The minimum atomic E-state index is -4.30. The summed E-state index contributed by atoms with van der Waals surface area (Å²) in [5.74, 6) is -1.19. The van der Waals surface area contributed by atoms with Crippen LogP contribution in [0.5, 0.6) is 5.75 Å². The Morgan fingerprint density at radius 1 is 1.21 bits per heavy atom. The van der Waals surface area contributed by atoms with Gasteiger partial charge in [-0.1, -0.05) is 32.0 Å². The first-order chi connectivity index (χ1) is 19.7. The van der Waals surface area contributed by atoms with Crippen molar-refractivity contribution in [2.75, 3.05) is 11.9 Å². The Morgan fingerprint density at radius 2 is 1.88 bits per heavy atom. The Bertz CT molecular complexity index is 1410. The number of nitriles is 1. The standard InChI is InChI=1S/C27H36N5O9P/c1-16(2)23(34)29-21-12-13-32(26(36)30-21)25-27(6,15-28)22(33)20(40-25)14-38-42(37,41-19-10-8-7-9-11-19)31-18(5)24(35)39-17(3)4/h7-13,16-18,20,22,25,33H,14H2,1-6H3,(H,31,37)(H,29,30,34,36)/t18-,20+,22+,25+,27+,42+/m0/s1. The average molecular weight is 606 g/mol. The molecule has 3 rings (SSSR count). The van der Waals surface area contributed by atoms with Crippen LogP contribution in [0.4, 0.5) is 5.82 Å². The number of nitrogens with zero attached hydrogens (tertiary/aromatic N) is 3. The molecule has 1 aromatic heterocycles. The van der Waals surface area contributed by atoms with Gasteiger partial charge in [0.2, 0.25) is 5.91 Å². The Morgan fingerprint density at radius 3 is 2.45 bits per heavy atom. The first-order valence-electron chi connectivity index (χ1n) is 13.3. The predicted molar refractivity (Wildman–Crippen MR) is 150 cm³/mol. The fraction of sp³-hybridized carbons (Fsp3) is 0.519. The molecule has 0 saturated carbocycles. The lowest BCUT2D eigenvalue weighted by Crippen LogP contribution is -2.40. The molecule has 1 aliphatic heterocycles. The van der Waals surface area contributed by atoms with Gasteiger partial charge in [0.25, 0.3) is 0 Å². The van der Waals surface area contributed by atoms with E-state index < -0.39 is 62.0 Å². The summed E-state index contributed by atoms with van der Waals surface area (Å²) in [6, 6.07) is 10.3. The molecule has 0 aliphatic carbocycles. The second-order valence-corrected chi connectivity index (χ2v) is 12.2. The third-order valence-corrected chi connectivity index (χ3v) is 7.96. The van der Waals surface area contributed by atoms with Crippen molar-refractivity contribution in [3.05, 3.63) is 53.1 Å². The van der Waals surface area contributed by atoms with Crippen molar-refractivity contribution in [2.24, 2.45) is 11.3 Å². The van der Waals surface area contributed by atoms with Gasteiger partial charge in [-0.3, -0.25) is 18.7 Å². The van der Waals surface area contributed by atoms with Crippen molar-refractivity contribution in [1.82, 2.24) is 14.6 Å². The molecular weight excluding hydrogens is 569 g/mol. The van der Waals surface area contributed by atoms with Crippen LogP contribution in [0.25, 0.3) is 0 Å². The highest BCUT2D eigenvalue weighted by Gasteiger charge is 2.55. The second-order valence-electron chi connectivity index (χ2n) is 10.5. The molecule has 42 heavy (non-hydrogen) atoms. The highest BCUT2D eigenvalue weighted by molar-refractivity contribution is 7.52. The molecule has 15 heteroatoms. The number of carbonyl (C=O) groups excluding carboxylic acids is 2. The normalized spacial score (nSPS) is 24.0. The van der Waals surface area contributed by atoms with E-state index in [0.717, 1.165) is 4.57 Å². The number of para-hydroxylation sites is 1. The van der Waals surface area contributed by atoms with E-state index in [0.29, 0.717) is 0 Å². The lowest BCUT2D eigenvalue weighted by atomic mass is 9.84. The fourth-order valence-electron chi connectivity index (χ4n) is 3.96. The Kier molecular flexibility index (Phi) is 10.6. The molecule has 0 radical (unpaired) electrons. The highest BCUT2D eigenvalue weighted by atomic mass is 31.2. The number of amides is 1. The lowest BCUT2D eigenvalue weighted by Gasteiger charge is -2.26. The summed E-state index contributed by atoms with van der Waals surface area (Å²) in [5.41, 5.74) is -2.50. The first kappa shape index (κ1) is 32.9. The first-order valence-corrected chi connectivity index (χ1v) is 14.9. The maximum absolute atomic E-state index is 13.8. The minimum absolute atomic E-state index is 0.0160. The molecule has 228 valence electrons. The van der Waals surface area contributed by atoms with E-state index in [1.807, 2.05) is 6.07 Å². The molecule has 1 aromatic carbocycles. The summed E-state index contributed by atoms with van der Waals surface area (Å²) in [5, 5.41) is 26.1. The van der Waals surface area contributed by atoms with Gasteiger partial charge in [0, 0.05) is 12.1 Å². The van der Waals surface area contributed by atoms with Crippen LogP contribution in [0.3, 0.4) is 0 Å². The maximum atomic E-state index is 13.8. The molecule has 0 unspecified atom stereocenters. The second kappa shape index (κ2) is 13.6. The number of aliphatic hydroxyl groups is 1. The number of rotatable bonds is 12. The van der Waals surface area contributed by atoms with Crippen molar-refractivity contribution in [3.8, 4) is 11.8 Å². The summed E-state index contributed by atoms with van der Waals surface area (Å²) in [7, 11) is -4.30. The quantitative estimate of drug-likeness (QED) is 0.237. The zero-order valence-corrected chi connectivity index (χ0v) is 25.1. The Hall–Kier alpha value is -3.60. The SMILES string of the molecule is CC(C)OC(=O)[C@H](C)N[P@@](=O)(OC[C@H]1O[C@@H](n2ccc(NC(=O)C(C)C)nc2=O)[C@](C)(C#N)[C@@H]1O)Oc1ccccc1. The van der Waals surface area contributed by atoms with Gasteiger partial charge in [0.15, 0.2) is 6.23 Å². The summed E-state index contributed by atoms with van der Waals surface area (Å²) >= 11 is 0. The molecule has 1 aliphatic rings. The van der Waals surface area contributed by atoms with Gasteiger partial charge >= 0.3 is 19.4 Å². The molecule has 6 atom stereocenters. The van der Waals surface area contributed by atoms with Crippen LogP contribution in [0, 0.1) is 22.7 Å². The maximum Gasteiger partial charge on any atom is 0.459 e. The van der Waals surface area contributed by atoms with Gasteiger partial charge in [-0.2, -0.15) is 15.3 Å². The van der Waals surface area contributed by atoms with Crippen LogP contribution in [0.1, 0.15) is 47.8 Å². The number of aromatic nitrogens is 2. The van der Waals surface area contributed by atoms with E-state index in [1.165, 1.54) is 38.2 Å². The molecule has 1 fully saturated rings. The smallest absolute Gasteiger partial charge is 0.459 e. The molecule has 2 aromatic rings. The summed E-state index contributed by atoms with van der Waals surface area (Å²) in [6.45, 7) is 8.96. The van der Waals surface area contributed by atoms with Gasteiger partial charge < -0.3 is 24.4 Å². The third-order valence-electron chi connectivity index (χ3n) is 6.32. The van der Waals surface area contributed by atoms with E-state index in [4.69, 9.17) is 18.5 Å². The highest BCUT2D eigenvalue weighted by Crippen LogP contribution is 2.48. The monoisotopic (exact) mass is 605 g/mol. The molecule has 0 spiro atoms. The van der Waals surface area contributed by atoms with E-state index in [9.17, 15) is 29.3 Å². The van der Waals surface area contributed by atoms with Crippen LogP contribution < -0.4 is 20.6 Å². The zero-order valence-electron chi connectivity index (χ0n) is 24.2.